The van der Waals surface area contributed by atoms with Crippen molar-refractivity contribution in [2.24, 2.45) is 10.9 Å². The zero-order chi connectivity index (χ0) is 14.0. The molecule has 0 saturated carbocycles. The summed E-state index contributed by atoms with van der Waals surface area (Å²) in [5.74, 6) is -0.165. The maximum atomic E-state index is 12.4. The summed E-state index contributed by atoms with van der Waals surface area (Å²) in [6.07, 6.45) is 2.92. The molecule has 106 valence electrons. The van der Waals surface area contributed by atoms with E-state index in [9.17, 15) is 13.2 Å². The molecule has 1 aliphatic rings. The summed E-state index contributed by atoms with van der Waals surface area (Å²) in [6, 6.07) is 1.38. The fraction of sp³-hybridized carbons (Fsp3) is 0.545. The van der Waals surface area contributed by atoms with Gasteiger partial charge in [0.05, 0.1) is 5.56 Å². The summed E-state index contributed by atoms with van der Waals surface area (Å²) >= 11 is 0.966. The molecule has 1 amide bonds. The molecular formula is C11H17N3O3S2. The van der Waals surface area contributed by atoms with Crippen LogP contribution in [0.15, 0.2) is 15.7 Å². The number of hydrogen-bond acceptors (Lipinski definition) is 5. The van der Waals surface area contributed by atoms with Crippen LogP contribution in [0.1, 0.15) is 29.6 Å². The fourth-order valence-electron chi connectivity index (χ4n) is 2.26. The Morgan fingerprint density at radius 3 is 2.79 bits per heavy atom. The van der Waals surface area contributed by atoms with Gasteiger partial charge < -0.3 is 10.6 Å². The lowest BCUT2D eigenvalue weighted by atomic mass is 10.0. The first-order chi connectivity index (χ1) is 8.93. The number of thiophene rings is 1. The molecule has 0 aromatic carbocycles. The lowest BCUT2D eigenvalue weighted by Gasteiger charge is -2.34. The SMILES string of the molecule is NCC1CCCCN1C(=O)c1csc(S(N)(=O)=O)c1. The molecule has 1 atom stereocenters. The minimum Gasteiger partial charge on any atom is -0.334 e. The monoisotopic (exact) mass is 303 g/mol. The van der Waals surface area contributed by atoms with E-state index >= 15 is 0 Å². The van der Waals surface area contributed by atoms with Crippen LogP contribution in [0.4, 0.5) is 0 Å². The van der Waals surface area contributed by atoms with Crippen LogP contribution in [0.5, 0.6) is 0 Å². The first-order valence-electron chi connectivity index (χ1n) is 6.06. The van der Waals surface area contributed by atoms with E-state index in [1.54, 1.807) is 4.90 Å². The largest absolute Gasteiger partial charge is 0.334 e. The first kappa shape index (κ1) is 14.4. The molecule has 1 saturated heterocycles. The number of primary sulfonamides is 1. The number of sulfonamides is 1. The molecule has 1 aromatic rings. The second kappa shape index (κ2) is 5.58. The molecule has 8 heteroatoms. The summed E-state index contributed by atoms with van der Waals surface area (Å²) < 4.78 is 22.4. The Labute approximate surface area is 116 Å². The van der Waals surface area contributed by atoms with E-state index in [0.717, 1.165) is 30.6 Å². The highest BCUT2D eigenvalue weighted by molar-refractivity contribution is 7.91. The van der Waals surface area contributed by atoms with E-state index in [4.69, 9.17) is 10.9 Å². The molecule has 1 unspecified atom stereocenters. The van der Waals surface area contributed by atoms with Crippen LogP contribution in [0, 0.1) is 0 Å². The standard InChI is InChI=1S/C11H17N3O3S2/c12-6-9-3-1-2-4-14(9)11(15)8-5-10(18-7-8)19(13,16)17/h5,7,9H,1-4,6,12H2,(H2,13,16,17). The van der Waals surface area contributed by atoms with Gasteiger partial charge in [-0.1, -0.05) is 0 Å². The zero-order valence-electron chi connectivity index (χ0n) is 10.4. The van der Waals surface area contributed by atoms with E-state index in [0.29, 0.717) is 18.7 Å². The van der Waals surface area contributed by atoms with Crippen LogP contribution >= 0.6 is 11.3 Å². The van der Waals surface area contributed by atoms with Crippen molar-refractivity contribution >= 4 is 27.3 Å². The highest BCUT2D eigenvalue weighted by Gasteiger charge is 2.27. The van der Waals surface area contributed by atoms with Gasteiger partial charge in [-0.15, -0.1) is 11.3 Å². The first-order valence-corrected chi connectivity index (χ1v) is 8.48. The summed E-state index contributed by atoms with van der Waals surface area (Å²) in [5, 5.41) is 6.57. The van der Waals surface area contributed by atoms with Gasteiger partial charge >= 0.3 is 0 Å². The highest BCUT2D eigenvalue weighted by atomic mass is 32.2. The van der Waals surface area contributed by atoms with Gasteiger partial charge in [-0.25, -0.2) is 13.6 Å². The van der Waals surface area contributed by atoms with Crippen LogP contribution in [0.2, 0.25) is 0 Å². The lowest BCUT2D eigenvalue weighted by molar-refractivity contribution is 0.0624. The number of carbonyl (C=O) groups excluding carboxylic acids is 1. The van der Waals surface area contributed by atoms with E-state index in [-0.39, 0.29) is 16.2 Å². The van der Waals surface area contributed by atoms with Crippen LogP contribution in [0.25, 0.3) is 0 Å². The van der Waals surface area contributed by atoms with Crippen molar-refractivity contribution in [3.05, 3.63) is 17.0 Å². The maximum absolute atomic E-state index is 12.4. The molecule has 0 radical (unpaired) electrons. The van der Waals surface area contributed by atoms with Crippen molar-refractivity contribution in [3.8, 4) is 0 Å². The second-order valence-electron chi connectivity index (χ2n) is 4.58. The van der Waals surface area contributed by atoms with Gasteiger partial charge in [0.1, 0.15) is 4.21 Å². The third-order valence-corrected chi connectivity index (χ3v) is 5.65. The van der Waals surface area contributed by atoms with Crippen LogP contribution in [-0.2, 0) is 10.0 Å². The van der Waals surface area contributed by atoms with E-state index < -0.39 is 10.0 Å². The minimum atomic E-state index is -3.74. The van der Waals surface area contributed by atoms with Gasteiger partial charge in [0.2, 0.25) is 10.0 Å². The number of amides is 1. The predicted octanol–water partition coefficient (Wildman–Crippen LogP) is 0.349. The fourth-order valence-corrected chi connectivity index (χ4v) is 3.84. The molecule has 6 nitrogen and oxygen atoms in total. The number of rotatable bonds is 3. The summed E-state index contributed by atoms with van der Waals surface area (Å²) in [7, 11) is -3.74. The average molecular weight is 303 g/mol. The topological polar surface area (TPSA) is 106 Å². The lowest BCUT2D eigenvalue weighted by Crippen LogP contribution is -2.47. The zero-order valence-corrected chi connectivity index (χ0v) is 12.0. The number of piperidine rings is 1. The van der Waals surface area contributed by atoms with E-state index in [1.807, 2.05) is 0 Å². The number of nitrogens with zero attached hydrogens (tertiary/aromatic N) is 1. The highest BCUT2D eigenvalue weighted by Crippen LogP contribution is 2.23. The summed E-state index contributed by atoms with van der Waals surface area (Å²) in [5.41, 5.74) is 6.05. The normalized spacial score (nSPS) is 20.5. The van der Waals surface area contributed by atoms with Gasteiger partial charge in [-0.05, 0) is 25.3 Å². The maximum Gasteiger partial charge on any atom is 0.255 e. The average Bonchev–Trinajstić information content (AvgIpc) is 2.87. The molecule has 0 bridgehead atoms. The molecule has 1 fully saturated rings. The Morgan fingerprint density at radius 2 is 2.21 bits per heavy atom. The third-order valence-electron chi connectivity index (χ3n) is 3.26. The molecule has 0 spiro atoms. The smallest absolute Gasteiger partial charge is 0.255 e. The number of hydrogen-bond donors (Lipinski definition) is 2. The van der Waals surface area contributed by atoms with Crippen LogP contribution < -0.4 is 10.9 Å². The molecule has 4 N–H and O–H groups in total. The number of nitrogens with two attached hydrogens (primary N) is 2. The summed E-state index contributed by atoms with van der Waals surface area (Å²) in [4.78, 5) is 14.1. The van der Waals surface area contributed by atoms with Crippen molar-refractivity contribution in [2.45, 2.75) is 29.5 Å². The van der Waals surface area contributed by atoms with Gasteiger partial charge in [0, 0.05) is 24.5 Å². The van der Waals surface area contributed by atoms with Crippen molar-refractivity contribution in [1.29, 1.82) is 0 Å². The summed E-state index contributed by atoms with van der Waals surface area (Å²) in [6.45, 7) is 1.10. The van der Waals surface area contributed by atoms with E-state index in [2.05, 4.69) is 0 Å². The van der Waals surface area contributed by atoms with Gasteiger partial charge in [-0.3, -0.25) is 4.79 Å². The molecule has 19 heavy (non-hydrogen) atoms. The molecule has 1 aromatic heterocycles. The van der Waals surface area contributed by atoms with E-state index in [1.165, 1.54) is 11.4 Å². The molecule has 2 heterocycles. The van der Waals surface area contributed by atoms with Gasteiger partial charge in [-0.2, -0.15) is 0 Å². The molecular weight excluding hydrogens is 286 g/mol. The Kier molecular flexibility index (Phi) is 4.24. The Morgan fingerprint density at radius 1 is 1.47 bits per heavy atom. The quantitative estimate of drug-likeness (QED) is 0.840. The van der Waals surface area contributed by atoms with Crippen molar-refractivity contribution in [1.82, 2.24) is 4.90 Å². The van der Waals surface area contributed by atoms with Gasteiger partial charge in [0.15, 0.2) is 0 Å². The number of likely N-dealkylation sites (tertiary alicyclic amines) is 1. The third kappa shape index (κ3) is 3.14. The second-order valence-corrected chi connectivity index (χ2v) is 7.28. The van der Waals surface area contributed by atoms with Crippen LogP contribution in [-0.4, -0.2) is 38.4 Å². The number of carbonyl (C=O) groups is 1. The Hall–Kier alpha value is -0.960. The molecule has 1 aliphatic heterocycles. The molecule has 0 aliphatic carbocycles. The molecule has 2 rings (SSSR count). The van der Waals surface area contributed by atoms with Crippen molar-refractivity contribution < 1.29 is 13.2 Å². The Bertz CT molecular complexity index is 567. The Balaban J connectivity index is 2.21. The van der Waals surface area contributed by atoms with Crippen molar-refractivity contribution in [2.75, 3.05) is 13.1 Å². The van der Waals surface area contributed by atoms with Gasteiger partial charge in [0.25, 0.3) is 5.91 Å². The predicted molar refractivity (Wildman–Crippen MR) is 73.4 cm³/mol. The van der Waals surface area contributed by atoms with Crippen molar-refractivity contribution in [3.63, 3.8) is 0 Å². The van der Waals surface area contributed by atoms with Crippen LogP contribution in [0.3, 0.4) is 0 Å². The minimum absolute atomic E-state index is 0.0113.